The Balaban J connectivity index is 0.948. The van der Waals surface area contributed by atoms with Gasteiger partial charge in [-0.2, -0.15) is 13.2 Å². The number of hydrogen-bond acceptors (Lipinski definition) is 11. The summed E-state index contributed by atoms with van der Waals surface area (Å²) in [7, 11) is 0. The van der Waals surface area contributed by atoms with Gasteiger partial charge in [-0.1, -0.05) is 6.07 Å². The third-order valence-corrected chi connectivity index (χ3v) is 8.33. The topological polar surface area (TPSA) is 197 Å². The van der Waals surface area contributed by atoms with Crippen LogP contribution in [0.3, 0.4) is 0 Å². The normalized spacial score (nSPS) is 16.4. The molecule has 278 valence electrons. The summed E-state index contributed by atoms with van der Waals surface area (Å²) < 4.78 is 80.3. The average Bonchev–Trinajstić information content (AvgIpc) is 3.56. The molecule has 6 rings (SSSR count). The monoisotopic (exact) mass is 744 g/mol. The van der Waals surface area contributed by atoms with E-state index in [9.17, 15) is 45.9 Å². The van der Waals surface area contributed by atoms with Crippen LogP contribution in [0.2, 0.25) is 0 Å². The van der Waals surface area contributed by atoms with E-state index in [0.29, 0.717) is 11.8 Å². The molecule has 0 aliphatic carbocycles. The first-order chi connectivity index (χ1) is 25.2. The Morgan fingerprint density at radius 2 is 1.77 bits per heavy atom. The van der Waals surface area contributed by atoms with Crippen molar-refractivity contribution in [2.45, 2.75) is 38.0 Å². The SMILES string of the molecule is Cc1c([C@@H](NC(=O)Nc2cnc(NCCOCCNc3cccc4c3C(=O)N(C3CCC(=O)NC3=O)C4=O)nc2)C(F)(F)F)oc2c(F)cc(F)cc12. The summed E-state index contributed by atoms with van der Waals surface area (Å²) in [6.07, 6.45) is -2.74. The van der Waals surface area contributed by atoms with E-state index in [2.05, 4.69) is 31.2 Å². The van der Waals surface area contributed by atoms with Crippen molar-refractivity contribution in [3.05, 3.63) is 76.8 Å². The molecule has 0 saturated carbocycles. The fourth-order valence-electron chi connectivity index (χ4n) is 5.87. The number of piperidine rings is 1. The average molecular weight is 745 g/mol. The molecule has 2 aliphatic heterocycles. The molecule has 0 spiro atoms. The Bertz CT molecular complexity index is 2110. The van der Waals surface area contributed by atoms with Crippen LogP contribution in [0.5, 0.6) is 0 Å². The van der Waals surface area contributed by atoms with E-state index < -0.39 is 70.9 Å². The highest BCUT2D eigenvalue weighted by atomic mass is 19.4. The number of rotatable bonds is 12. The highest BCUT2D eigenvalue weighted by Gasteiger charge is 2.47. The van der Waals surface area contributed by atoms with Gasteiger partial charge in [0, 0.05) is 42.2 Å². The van der Waals surface area contributed by atoms with E-state index >= 15 is 0 Å². The lowest BCUT2D eigenvalue weighted by atomic mass is 10.0. The first kappa shape index (κ1) is 36.6. The maximum Gasteiger partial charge on any atom is 0.416 e. The van der Waals surface area contributed by atoms with Crippen molar-refractivity contribution in [1.82, 2.24) is 25.5 Å². The van der Waals surface area contributed by atoms with Crippen molar-refractivity contribution in [2.24, 2.45) is 0 Å². The largest absolute Gasteiger partial charge is 0.455 e. The van der Waals surface area contributed by atoms with Crippen LogP contribution >= 0.6 is 0 Å². The van der Waals surface area contributed by atoms with Crippen molar-refractivity contribution < 1.29 is 55.1 Å². The maximum atomic E-state index is 14.1. The minimum absolute atomic E-state index is 0.00641. The van der Waals surface area contributed by atoms with Crippen LogP contribution in [0, 0.1) is 18.6 Å². The molecule has 4 heterocycles. The number of imide groups is 2. The number of aromatic nitrogens is 2. The van der Waals surface area contributed by atoms with E-state index in [0.717, 1.165) is 23.4 Å². The number of furan rings is 1. The number of urea groups is 1. The van der Waals surface area contributed by atoms with E-state index in [1.165, 1.54) is 13.0 Å². The quantitative estimate of drug-likeness (QED) is 0.0793. The molecule has 1 fully saturated rings. The molecule has 1 saturated heterocycles. The molecular weight excluding hydrogens is 715 g/mol. The zero-order valence-electron chi connectivity index (χ0n) is 27.5. The third-order valence-electron chi connectivity index (χ3n) is 8.33. The molecule has 53 heavy (non-hydrogen) atoms. The Kier molecular flexibility index (Phi) is 10.2. The predicted molar refractivity (Wildman–Crippen MR) is 175 cm³/mol. The van der Waals surface area contributed by atoms with Gasteiger partial charge in [-0.25, -0.2) is 23.5 Å². The van der Waals surface area contributed by atoms with Gasteiger partial charge in [0.1, 0.15) is 17.6 Å². The van der Waals surface area contributed by atoms with Gasteiger partial charge in [-0.3, -0.25) is 29.4 Å². The molecule has 2 atom stereocenters. The molecule has 0 radical (unpaired) electrons. The number of ether oxygens (including phenoxy) is 1. The lowest BCUT2D eigenvalue weighted by molar-refractivity contribution is -0.158. The Labute approximate surface area is 295 Å². The number of anilines is 3. The van der Waals surface area contributed by atoms with Gasteiger partial charge in [-0.15, -0.1) is 0 Å². The lowest BCUT2D eigenvalue weighted by Crippen LogP contribution is -2.54. The highest BCUT2D eigenvalue weighted by Crippen LogP contribution is 2.39. The molecule has 0 bridgehead atoms. The summed E-state index contributed by atoms with van der Waals surface area (Å²) >= 11 is 0. The van der Waals surface area contributed by atoms with Crippen molar-refractivity contribution in [1.29, 1.82) is 0 Å². The molecule has 6 amide bonds. The number of aryl methyl sites for hydroxylation is 1. The van der Waals surface area contributed by atoms with Gasteiger partial charge in [0.2, 0.25) is 17.8 Å². The molecule has 2 aromatic carbocycles. The fourth-order valence-corrected chi connectivity index (χ4v) is 5.87. The molecule has 5 N–H and O–H groups in total. The van der Waals surface area contributed by atoms with Crippen LogP contribution in [-0.2, 0) is 14.3 Å². The number of carbonyl (C=O) groups excluding carboxylic acids is 5. The molecule has 4 aromatic rings. The standard InChI is InChI=1S/C33H29F5N8O7/c1-15-19-11-16(34)12-20(35)26(19)53-25(15)27(33(36,37)38)45-32(51)43-17-13-41-31(42-14-17)40-8-10-52-9-7-39-21-4-2-3-18-24(21)30(50)46(29(18)49)22-5-6-23(47)44-28(22)48/h2-4,11-14,22,27,39H,5-10H2,1H3,(H,40,41,42)(H2,43,45,51)(H,44,47,48)/t22?,27-/m1/s1. The minimum atomic E-state index is -5.06. The van der Waals surface area contributed by atoms with E-state index in [1.54, 1.807) is 17.4 Å². The molecule has 20 heteroatoms. The summed E-state index contributed by atoms with van der Waals surface area (Å²) in [4.78, 5) is 71.4. The van der Waals surface area contributed by atoms with Gasteiger partial charge in [0.25, 0.3) is 11.8 Å². The third kappa shape index (κ3) is 7.71. The van der Waals surface area contributed by atoms with Crippen molar-refractivity contribution in [3.8, 4) is 0 Å². The molecule has 1 unspecified atom stereocenters. The number of carbonyl (C=O) groups is 5. The Hall–Kier alpha value is -6.18. The summed E-state index contributed by atoms with van der Waals surface area (Å²) in [6, 6.07) is 0.916. The summed E-state index contributed by atoms with van der Waals surface area (Å²) in [5.41, 5.74) is -0.211. The van der Waals surface area contributed by atoms with Crippen LogP contribution in [0.15, 0.2) is 47.1 Å². The van der Waals surface area contributed by atoms with E-state index in [1.807, 2.05) is 0 Å². The first-order valence-electron chi connectivity index (χ1n) is 16.0. The van der Waals surface area contributed by atoms with Gasteiger partial charge in [0.05, 0.1) is 42.4 Å². The predicted octanol–water partition coefficient (Wildman–Crippen LogP) is 4.18. The maximum absolute atomic E-state index is 14.1. The Morgan fingerprint density at radius 1 is 1.06 bits per heavy atom. The second-order valence-corrected chi connectivity index (χ2v) is 11.9. The van der Waals surface area contributed by atoms with Gasteiger partial charge < -0.3 is 30.4 Å². The minimum Gasteiger partial charge on any atom is -0.455 e. The van der Waals surface area contributed by atoms with Gasteiger partial charge in [0.15, 0.2) is 17.4 Å². The summed E-state index contributed by atoms with van der Waals surface area (Å²) in [5.74, 6) is -5.34. The molecule has 15 nitrogen and oxygen atoms in total. The van der Waals surface area contributed by atoms with Gasteiger partial charge >= 0.3 is 12.2 Å². The highest BCUT2D eigenvalue weighted by molar-refractivity contribution is 6.25. The summed E-state index contributed by atoms with van der Waals surface area (Å²) in [5, 5.41) is 11.8. The van der Waals surface area contributed by atoms with Crippen molar-refractivity contribution >= 4 is 58.0 Å². The Morgan fingerprint density at radius 3 is 2.47 bits per heavy atom. The smallest absolute Gasteiger partial charge is 0.416 e. The number of fused-ring (bicyclic) bond motifs is 2. The summed E-state index contributed by atoms with van der Waals surface area (Å²) in [6.45, 7) is 2.02. The van der Waals surface area contributed by atoms with E-state index in [4.69, 9.17) is 9.15 Å². The van der Waals surface area contributed by atoms with E-state index in [-0.39, 0.29) is 72.9 Å². The second kappa shape index (κ2) is 14.8. The number of amides is 6. The first-order valence-corrected chi connectivity index (χ1v) is 16.0. The molecule has 2 aromatic heterocycles. The molecule has 2 aliphatic rings. The number of hydrogen-bond donors (Lipinski definition) is 5. The number of nitrogens with one attached hydrogen (secondary N) is 5. The lowest BCUT2D eigenvalue weighted by Gasteiger charge is -2.27. The van der Waals surface area contributed by atoms with Crippen LogP contribution in [0.25, 0.3) is 11.0 Å². The fraction of sp³-hybridized carbons (Fsp3) is 0.303. The zero-order chi connectivity index (χ0) is 38.0. The number of halogens is 5. The zero-order valence-corrected chi connectivity index (χ0v) is 27.5. The van der Waals surface area contributed by atoms with Crippen LogP contribution in [-0.4, -0.2) is 83.0 Å². The second-order valence-electron chi connectivity index (χ2n) is 11.9. The number of benzene rings is 2. The number of nitrogens with zero attached hydrogens (tertiary/aromatic N) is 3. The van der Waals surface area contributed by atoms with Crippen LogP contribution in [0.1, 0.15) is 50.9 Å². The van der Waals surface area contributed by atoms with Crippen LogP contribution in [0.4, 0.5) is 44.1 Å². The van der Waals surface area contributed by atoms with Gasteiger partial charge in [-0.05, 0) is 31.5 Å². The van der Waals surface area contributed by atoms with Crippen molar-refractivity contribution in [2.75, 3.05) is 42.3 Å². The van der Waals surface area contributed by atoms with Crippen LogP contribution < -0.4 is 26.6 Å². The number of alkyl halides is 3. The van der Waals surface area contributed by atoms with Crippen molar-refractivity contribution in [3.63, 3.8) is 0 Å². The molecular formula is C33H29F5N8O7.